The molecule has 2 aliphatic rings. The second-order valence-electron chi connectivity index (χ2n) is 6.37. The maximum absolute atomic E-state index is 11.8. The van der Waals surface area contributed by atoms with E-state index in [4.69, 9.17) is 4.74 Å². The van der Waals surface area contributed by atoms with Gasteiger partial charge in [-0.15, -0.1) is 12.4 Å². The first-order valence-corrected chi connectivity index (χ1v) is 8.05. The van der Waals surface area contributed by atoms with Crippen LogP contribution in [-0.4, -0.2) is 38.3 Å². The number of ether oxygens (including phenoxy) is 1. The van der Waals surface area contributed by atoms with Gasteiger partial charge >= 0.3 is 0 Å². The van der Waals surface area contributed by atoms with Gasteiger partial charge in [0.25, 0.3) is 0 Å². The molecule has 18 heavy (non-hydrogen) atoms. The molecule has 0 aromatic heterocycles. The van der Waals surface area contributed by atoms with Crippen LogP contribution in [0.1, 0.15) is 40.0 Å². The minimum Gasteiger partial charge on any atom is -0.360 e. The van der Waals surface area contributed by atoms with E-state index in [1.165, 1.54) is 0 Å². The lowest BCUT2D eigenvalue weighted by molar-refractivity contribution is -0.130. The van der Waals surface area contributed by atoms with Crippen molar-refractivity contribution >= 4 is 22.2 Å². The van der Waals surface area contributed by atoms with Crippen molar-refractivity contribution in [2.24, 2.45) is 5.41 Å². The summed E-state index contributed by atoms with van der Waals surface area (Å²) in [4.78, 5) is 0. The van der Waals surface area contributed by atoms with Gasteiger partial charge in [-0.3, -0.25) is 5.32 Å². The summed E-state index contributed by atoms with van der Waals surface area (Å²) in [7, 11) is -2.87. The highest BCUT2D eigenvalue weighted by Crippen LogP contribution is 2.32. The largest absolute Gasteiger partial charge is 0.360 e. The Kier molecular flexibility index (Phi) is 4.75. The molecular weight excluding hydrogens is 274 g/mol. The normalized spacial score (nSPS) is 38.1. The summed E-state index contributed by atoms with van der Waals surface area (Å²) in [5.41, 5.74) is -0.342. The van der Waals surface area contributed by atoms with Gasteiger partial charge in [0, 0.05) is 18.4 Å². The molecule has 2 unspecified atom stereocenters. The third kappa shape index (κ3) is 3.59. The number of hydrogen-bond acceptors (Lipinski definition) is 4. The molecule has 2 rings (SSSR count). The van der Waals surface area contributed by atoms with Crippen LogP contribution in [-0.2, 0) is 14.6 Å². The first-order valence-electron chi connectivity index (χ1n) is 6.33. The summed E-state index contributed by atoms with van der Waals surface area (Å²) in [6.45, 7) is 7.81. The Balaban J connectivity index is 0.00000162. The van der Waals surface area contributed by atoms with Gasteiger partial charge in [0.05, 0.1) is 17.6 Å². The first kappa shape index (κ1) is 16.2. The molecule has 0 aromatic rings. The predicted octanol–water partition coefficient (Wildman–Crippen LogP) is 1.74. The fraction of sp³-hybridized carbons (Fsp3) is 1.00. The molecule has 2 atom stereocenters. The zero-order valence-electron chi connectivity index (χ0n) is 11.4. The maximum Gasteiger partial charge on any atom is 0.153 e. The van der Waals surface area contributed by atoms with E-state index in [2.05, 4.69) is 19.2 Å². The van der Waals surface area contributed by atoms with Crippen molar-refractivity contribution in [3.63, 3.8) is 0 Å². The van der Waals surface area contributed by atoms with E-state index in [0.717, 1.165) is 19.4 Å². The molecule has 2 aliphatic heterocycles. The highest BCUT2D eigenvalue weighted by Gasteiger charge is 2.41. The second kappa shape index (κ2) is 5.27. The van der Waals surface area contributed by atoms with Crippen LogP contribution in [0.3, 0.4) is 0 Å². The molecule has 0 radical (unpaired) electrons. The molecule has 2 heterocycles. The predicted molar refractivity (Wildman–Crippen MR) is 74.8 cm³/mol. The minimum atomic E-state index is -2.87. The van der Waals surface area contributed by atoms with Crippen molar-refractivity contribution < 1.29 is 13.2 Å². The molecule has 0 aromatic carbocycles. The van der Waals surface area contributed by atoms with Gasteiger partial charge in [-0.05, 0) is 19.8 Å². The van der Waals surface area contributed by atoms with Crippen LogP contribution in [0, 0.1) is 5.41 Å². The smallest absolute Gasteiger partial charge is 0.153 e. The lowest BCUT2D eigenvalue weighted by Crippen LogP contribution is -2.57. The Morgan fingerprint density at radius 2 is 2.00 bits per heavy atom. The summed E-state index contributed by atoms with van der Waals surface area (Å²) < 4.78 is 29.5. The van der Waals surface area contributed by atoms with Crippen LogP contribution < -0.4 is 5.32 Å². The summed E-state index contributed by atoms with van der Waals surface area (Å²) >= 11 is 0. The van der Waals surface area contributed by atoms with Crippen LogP contribution in [0.4, 0.5) is 0 Å². The molecule has 1 N–H and O–H groups in total. The Hall–Kier alpha value is 0.160. The topological polar surface area (TPSA) is 55.4 Å². The second-order valence-corrected chi connectivity index (χ2v) is 8.77. The van der Waals surface area contributed by atoms with Gasteiger partial charge in [-0.1, -0.05) is 13.8 Å². The van der Waals surface area contributed by atoms with Crippen LogP contribution in [0.15, 0.2) is 0 Å². The van der Waals surface area contributed by atoms with Crippen LogP contribution >= 0.6 is 12.4 Å². The maximum atomic E-state index is 11.8. The Labute approximate surface area is 116 Å². The molecule has 6 heteroatoms. The lowest BCUT2D eigenvalue weighted by Gasteiger charge is -2.43. The van der Waals surface area contributed by atoms with Gasteiger partial charge in [0.2, 0.25) is 0 Å². The molecule has 2 saturated heterocycles. The Morgan fingerprint density at radius 1 is 1.33 bits per heavy atom. The zero-order chi connectivity index (χ0) is 12.7. The zero-order valence-corrected chi connectivity index (χ0v) is 13.0. The standard InChI is InChI=1S/C12H23NO3S.ClH/c1-11(2)8-13-12(3,16-9-11)7-10-5-4-6-17(10,14)15;/h10,13H,4-9H2,1-3H3;1H. The molecule has 2 fully saturated rings. The van der Waals surface area contributed by atoms with Crippen molar-refractivity contribution in [1.82, 2.24) is 5.32 Å². The molecule has 0 amide bonds. The molecule has 0 saturated carbocycles. The molecule has 0 aliphatic carbocycles. The number of sulfone groups is 1. The van der Waals surface area contributed by atoms with Crippen molar-refractivity contribution in [3.8, 4) is 0 Å². The van der Waals surface area contributed by atoms with Crippen molar-refractivity contribution in [3.05, 3.63) is 0 Å². The van der Waals surface area contributed by atoms with Crippen molar-refractivity contribution in [2.45, 2.75) is 51.0 Å². The van der Waals surface area contributed by atoms with Gasteiger partial charge in [-0.25, -0.2) is 8.42 Å². The average molecular weight is 298 g/mol. The van der Waals surface area contributed by atoms with Gasteiger partial charge < -0.3 is 4.74 Å². The Morgan fingerprint density at radius 3 is 2.44 bits per heavy atom. The van der Waals surface area contributed by atoms with Crippen LogP contribution in [0.25, 0.3) is 0 Å². The van der Waals surface area contributed by atoms with E-state index < -0.39 is 15.6 Å². The van der Waals surface area contributed by atoms with Crippen LogP contribution in [0.5, 0.6) is 0 Å². The molecule has 0 spiro atoms. The SMILES string of the molecule is CC1(C)CNC(C)(CC2CCCS2(=O)=O)OC1.Cl. The molecule has 4 nitrogen and oxygen atoms in total. The number of hydrogen-bond donors (Lipinski definition) is 1. The van der Waals surface area contributed by atoms with E-state index in [1.807, 2.05) is 6.92 Å². The number of halogens is 1. The molecule has 108 valence electrons. The van der Waals surface area contributed by atoms with Gasteiger partial charge in [-0.2, -0.15) is 0 Å². The lowest BCUT2D eigenvalue weighted by atomic mass is 9.91. The summed E-state index contributed by atoms with van der Waals surface area (Å²) in [5, 5.41) is 3.14. The third-order valence-electron chi connectivity index (χ3n) is 3.80. The summed E-state index contributed by atoms with van der Waals surface area (Å²) in [6, 6.07) is 0. The third-order valence-corrected chi connectivity index (χ3v) is 6.08. The number of nitrogens with one attached hydrogen (secondary N) is 1. The average Bonchev–Trinajstić information content (AvgIpc) is 2.52. The number of rotatable bonds is 2. The van der Waals surface area contributed by atoms with E-state index in [9.17, 15) is 8.42 Å². The van der Waals surface area contributed by atoms with Crippen LogP contribution in [0.2, 0.25) is 0 Å². The summed E-state index contributed by atoms with van der Waals surface area (Å²) in [6.07, 6.45) is 2.16. The quantitative estimate of drug-likeness (QED) is 0.843. The van der Waals surface area contributed by atoms with Crippen molar-refractivity contribution in [2.75, 3.05) is 18.9 Å². The van der Waals surface area contributed by atoms with Gasteiger partial charge in [0.15, 0.2) is 9.84 Å². The first-order chi connectivity index (χ1) is 7.73. The van der Waals surface area contributed by atoms with E-state index in [0.29, 0.717) is 18.8 Å². The summed E-state index contributed by atoms with van der Waals surface area (Å²) in [5.74, 6) is 0.346. The van der Waals surface area contributed by atoms with Gasteiger partial charge in [0.1, 0.15) is 5.72 Å². The molecule has 0 bridgehead atoms. The van der Waals surface area contributed by atoms with Crippen molar-refractivity contribution in [1.29, 1.82) is 0 Å². The van der Waals surface area contributed by atoms with E-state index >= 15 is 0 Å². The highest BCUT2D eigenvalue weighted by molar-refractivity contribution is 7.92. The minimum absolute atomic E-state index is 0. The molecular formula is C12H24ClNO3S. The fourth-order valence-corrected chi connectivity index (χ4v) is 4.54. The monoisotopic (exact) mass is 297 g/mol. The van der Waals surface area contributed by atoms with E-state index in [-0.39, 0.29) is 23.1 Å². The van der Waals surface area contributed by atoms with E-state index in [1.54, 1.807) is 0 Å². The highest BCUT2D eigenvalue weighted by atomic mass is 35.5. The fourth-order valence-electron chi connectivity index (χ4n) is 2.54. The Bertz CT molecular complexity index is 384.